The van der Waals surface area contributed by atoms with Gasteiger partial charge >= 0.3 is 5.97 Å². The van der Waals surface area contributed by atoms with Crippen molar-refractivity contribution in [3.63, 3.8) is 0 Å². The van der Waals surface area contributed by atoms with E-state index >= 15 is 0 Å². The van der Waals surface area contributed by atoms with Crippen LogP contribution in [0.2, 0.25) is 0 Å². The summed E-state index contributed by atoms with van der Waals surface area (Å²) >= 11 is 0. The summed E-state index contributed by atoms with van der Waals surface area (Å²) in [5.41, 5.74) is 1.05. The first-order valence-electron chi connectivity index (χ1n) is 5.26. The highest BCUT2D eigenvalue weighted by Gasteiger charge is 2.45. The number of nitrogens with one attached hydrogen (secondary N) is 1. The van der Waals surface area contributed by atoms with Crippen molar-refractivity contribution in [3.05, 3.63) is 23.8 Å². The molecule has 1 unspecified atom stereocenters. The number of aromatic carboxylic acids is 1. The third-order valence-electron chi connectivity index (χ3n) is 3.05. The van der Waals surface area contributed by atoms with Crippen LogP contribution in [0, 0.1) is 5.41 Å². The molecule has 2 N–H and O–H groups in total. The maximum absolute atomic E-state index is 10.9. The van der Waals surface area contributed by atoms with Crippen LogP contribution in [0.3, 0.4) is 0 Å². The van der Waals surface area contributed by atoms with Crippen LogP contribution in [0.5, 0.6) is 0 Å². The van der Waals surface area contributed by atoms with Crippen molar-refractivity contribution in [1.29, 1.82) is 0 Å². The van der Waals surface area contributed by atoms with Crippen LogP contribution in [0.4, 0.5) is 0 Å². The largest absolute Gasteiger partial charge is 0.478 e. The fraction of sp³-hybridized carbons (Fsp3) is 0.545. The summed E-state index contributed by atoms with van der Waals surface area (Å²) in [5, 5.41) is 12.2. The monoisotopic (exact) mass is 221 g/mol. The minimum atomic E-state index is -0.979. The molecular weight excluding hydrogens is 206 g/mol. The van der Waals surface area contributed by atoms with Gasteiger partial charge < -0.3 is 10.4 Å². The molecule has 0 radical (unpaired) electrons. The van der Waals surface area contributed by atoms with Crippen LogP contribution in [0.1, 0.15) is 36.3 Å². The Morgan fingerprint density at radius 1 is 1.69 bits per heavy atom. The lowest BCUT2D eigenvalue weighted by molar-refractivity contribution is 0.0694. The van der Waals surface area contributed by atoms with Crippen LogP contribution in [0.25, 0.3) is 0 Å². The summed E-state index contributed by atoms with van der Waals surface area (Å²) in [6.07, 6.45) is 3.84. The van der Waals surface area contributed by atoms with Gasteiger partial charge in [0, 0.05) is 18.8 Å². The van der Waals surface area contributed by atoms with Gasteiger partial charge in [-0.1, -0.05) is 13.8 Å². The van der Waals surface area contributed by atoms with E-state index in [0.29, 0.717) is 23.7 Å². The van der Waals surface area contributed by atoms with E-state index in [1.54, 1.807) is 0 Å². The van der Waals surface area contributed by atoms with Gasteiger partial charge in [0.2, 0.25) is 0 Å². The Hall–Kier alpha value is -1.49. The van der Waals surface area contributed by atoms with E-state index in [2.05, 4.69) is 29.1 Å². The number of aromatic nitrogens is 2. The molecule has 1 fully saturated rings. The summed E-state index contributed by atoms with van der Waals surface area (Å²) < 4.78 is 0. The fourth-order valence-corrected chi connectivity index (χ4v) is 1.71. The van der Waals surface area contributed by atoms with Crippen molar-refractivity contribution in [1.82, 2.24) is 15.3 Å². The van der Waals surface area contributed by atoms with E-state index in [1.165, 1.54) is 12.5 Å². The minimum Gasteiger partial charge on any atom is -0.478 e. The zero-order chi connectivity index (χ0) is 11.8. The Morgan fingerprint density at radius 3 is 2.94 bits per heavy atom. The first-order valence-corrected chi connectivity index (χ1v) is 5.26. The van der Waals surface area contributed by atoms with Crippen LogP contribution in [-0.4, -0.2) is 27.1 Å². The van der Waals surface area contributed by atoms with Gasteiger partial charge in [0.1, 0.15) is 11.9 Å². The summed E-state index contributed by atoms with van der Waals surface area (Å²) in [6, 6.07) is 0.462. The summed E-state index contributed by atoms with van der Waals surface area (Å²) in [4.78, 5) is 18.6. The Balaban J connectivity index is 2.02. The van der Waals surface area contributed by atoms with Crippen LogP contribution in [0.15, 0.2) is 12.5 Å². The highest BCUT2D eigenvalue weighted by atomic mass is 16.4. The highest BCUT2D eigenvalue weighted by molar-refractivity contribution is 5.88. The van der Waals surface area contributed by atoms with E-state index in [4.69, 9.17) is 5.11 Å². The molecule has 1 aliphatic carbocycles. The zero-order valence-corrected chi connectivity index (χ0v) is 9.40. The lowest BCUT2D eigenvalue weighted by atomic mass is 10.2. The highest BCUT2D eigenvalue weighted by Crippen LogP contribution is 2.44. The van der Waals surface area contributed by atoms with Crippen LogP contribution < -0.4 is 5.32 Å². The minimum absolute atomic E-state index is 0.174. The molecule has 1 aliphatic rings. The van der Waals surface area contributed by atoms with Gasteiger partial charge in [-0.05, 0) is 11.8 Å². The number of hydrogen-bond acceptors (Lipinski definition) is 4. The van der Waals surface area contributed by atoms with Gasteiger partial charge in [0.15, 0.2) is 0 Å². The molecule has 1 saturated carbocycles. The van der Waals surface area contributed by atoms with E-state index in [1.807, 2.05) is 0 Å². The lowest BCUT2D eigenvalue weighted by Gasteiger charge is -2.07. The first-order chi connectivity index (χ1) is 7.50. The molecule has 0 aliphatic heterocycles. The maximum Gasteiger partial charge on any atom is 0.339 e. The molecular formula is C11H15N3O2. The molecule has 0 spiro atoms. The quantitative estimate of drug-likeness (QED) is 0.795. The van der Waals surface area contributed by atoms with Gasteiger partial charge in [0.25, 0.3) is 0 Å². The Labute approximate surface area is 93.9 Å². The Kier molecular flexibility index (Phi) is 2.63. The van der Waals surface area contributed by atoms with Gasteiger partial charge in [-0.25, -0.2) is 14.8 Å². The fourth-order valence-electron chi connectivity index (χ4n) is 1.71. The third kappa shape index (κ3) is 2.19. The van der Waals surface area contributed by atoms with Crippen molar-refractivity contribution in [2.24, 2.45) is 5.41 Å². The maximum atomic E-state index is 10.9. The lowest BCUT2D eigenvalue weighted by Crippen LogP contribution is -2.22. The molecule has 0 aromatic carbocycles. The standard InChI is InChI=1S/C11H15N3O2/c1-11(2)3-9(11)13-5-8-7(10(15)16)4-12-6-14-8/h4,6,9,13H,3,5H2,1-2H3,(H,15,16). The molecule has 0 saturated heterocycles. The first kappa shape index (κ1) is 11.0. The Bertz CT molecular complexity index is 417. The van der Waals surface area contributed by atoms with E-state index in [-0.39, 0.29) is 5.56 Å². The average Bonchev–Trinajstić information content (AvgIpc) is 2.84. The van der Waals surface area contributed by atoms with Crippen molar-refractivity contribution < 1.29 is 9.90 Å². The molecule has 2 rings (SSSR count). The molecule has 86 valence electrons. The number of carbonyl (C=O) groups is 1. The molecule has 16 heavy (non-hydrogen) atoms. The van der Waals surface area contributed by atoms with Gasteiger partial charge in [-0.2, -0.15) is 0 Å². The molecule has 5 heteroatoms. The molecule has 1 aromatic rings. The number of hydrogen-bond donors (Lipinski definition) is 2. The van der Waals surface area contributed by atoms with Crippen molar-refractivity contribution >= 4 is 5.97 Å². The molecule has 0 amide bonds. The SMILES string of the molecule is CC1(C)CC1NCc1ncncc1C(=O)O. The normalized spacial score (nSPS) is 21.8. The number of carboxylic acid groups (broad SMARTS) is 1. The third-order valence-corrected chi connectivity index (χ3v) is 3.05. The predicted molar refractivity (Wildman–Crippen MR) is 58.0 cm³/mol. The molecule has 5 nitrogen and oxygen atoms in total. The number of rotatable bonds is 4. The Morgan fingerprint density at radius 2 is 2.38 bits per heavy atom. The topological polar surface area (TPSA) is 75.1 Å². The van der Waals surface area contributed by atoms with E-state index in [0.717, 1.165) is 6.42 Å². The number of carboxylic acids is 1. The van der Waals surface area contributed by atoms with Crippen molar-refractivity contribution in [2.75, 3.05) is 0 Å². The molecule has 1 atom stereocenters. The number of nitrogens with zero attached hydrogens (tertiary/aromatic N) is 2. The van der Waals surface area contributed by atoms with Gasteiger partial charge in [-0.3, -0.25) is 0 Å². The summed E-state index contributed by atoms with van der Waals surface area (Å²) in [7, 11) is 0. The van der Waals surface area contributed by atoms with Crippen LogP contribution >= 0.6 is 0 Å². The smallest absolute Gasteiger partial charge is 0.339 e. The summed E-state index contributed by atoms with van der Waals surface area (Å²) in [6.45, 7) is 4.85. The second-order valence-corrected chi connectivity index (χ2v) is 4.81. The van der Waals surface area contributed by atoms with E-state index in [9.17, 15) is 4.79 Å². The molecule has 1 aromatic heterocycles. The summed E-state index contributed by atoms with van der Waals surface area (Å²) in [5.74, 6) is -0.979. The zero-order valence-electron chi connectivity index (χ0n) is 9.40. The molecule has 0 bridgehead atoms. The van der Waals surface area contributed by atoms with Crippen molar-refractivity contribution in [2.45, 2.75) is 32.9 Å². The molecule has 1 heterocycles. The second kappa shape index (κ2) is 3.83. The second-order valence-electron chi connectivity index (χ2n) is 4.81. The van der Waals surface area contributed by atoms with E-state index < -0.39 is 5.97 Å². The van der Waals surface area contributed by atoms with Crippen molar-refractivity contribution in [3.8, 4) is 0 Å². The van der Waals surface area contributed by atoms with Gasteiger partial charge in [-0.15, -0.1) is 0 Å². The average molecular weight is 221 g/mol. The predicted octanol–water partition coefficient (Wildman–Crippen LogP) is 1.06. The van der Waals surface area contributed by atoms with Gasteiger partial charge in [0.05, 0.1) is 5.69 Å². The van der Waals surface area contributed by atoms with Crippen LogP contribution in [-0.2, 0) is 6.54 Å².